The fraction of sp³-hybridized carbons (Fsp3) is 0.308. The second-order valence-electron chi connectivity index (χ2n) is 8.25. The number of hydrogen-bond donors (Lipinski definition) is 2. The van der Waals surface area contributed by atoms with E-state index in [1.54, 1.807) is 10.9 Å². The predicted molar refractivity (Wildman–Crippen MR) is 134 cm³/mol. The molecule has 1 aromatic heterocycles. The quantitative estimate of drug-likeness (QED) is 0.404. The fourth-order valence-corrected chi connectivity index (χ4v) is 4.86. The third-order valence-electron chi connectivity index (χ3n) is 5.98. The number of rotatable bonds is 10. The SMILES string of the molecule is COC[C@H](NC(=O)OCC1c2ccccc2-c2ccccc21)C(=O)NC(Cc1cscn1)C(=O)OC. The summed E-state index contributed by atoms with van der Waals surface area (Å²) in [6.07, 6.45) is -0.602. The molecular weight excluding hydrogens is 482 g/mol. The van der Waals surface area contributed by atoms with Gasteiger partial charge in [-0.1, -0.05) is 48.5 Å². The zero-order valence-corrected chi connectivity index (χ0v) is 20.7. The Balaban J connectivity index is 1.39. The number of fused-ring (bicyclic) bond motifs is 3. The van der Waals surface area contributed by atoms with Crippen molar-refractivity contribution in [1.82, 2.24) is 15.6 Å². The molecule has 0 spiro atoms. The normalized spacial score (nSPS) is 13.7. The molecule has 3 aromatic rings. The zero-order valence-electron chi connectivity index (χ0n) is 19.9. The van der Waals surface area contributed by atoms with Gasteiger partial charge < -0.3 is 24.8 Å². The number of esters is 1. The molecule has 2 aromatic carbocycles. The van der Waals surface area contributed by atoms with Gasteiger partial charge in [-0.15, -0.1) is 11.3 Å². The van der Waals surface area contributed by atoms with Crippen molar-refractivity contribution < 1.29 is 28.6 Å². The Morgan fingerprint density at radius 1 is 0.972 bits per heavy atom. The lowest BCUT2D eigenvalue weighted by molar-refractivity contribution is -0.145. The maximum absolute atomic E-state index is 12.9. The van der Waals surface area contributed by atoms with Crippen LogP contribution in [0.1, 0.15) is 22.7 Å². The van der Waals surface area contributed by atoms with Gasteiger partial charge in [0.2, 0.25) is 5.91 Å². The molecule has 0 saturated carbocycles. The van der Waals surface area contributed by atoms with Crippen LogP contribution in [0.5, 0.6) is 0 Å². The predicted octanol–water partition coefficient (Wildman–Crippen LogP) is 2.90. The summed E-state index contributed by atoms with van der Waals surface area (Å²) in [5.41, 5.74) is 6.68. The molecule has 0 fully saturated rings. The van der Waals surface area contributed by atoms with Crippen LogP contribution in [0.2, 0.25) is 0 Å². The number of hydrogen-bond acceptors (Lipinski definition) is 8. The lowest BCUT2D eigenvalue weighted by Crippen LogP contribution is -2.54. The van der Waals surface area contributed by atoms with E-state index in [1.807, 2.05) is 36.4 Å². The first kappa shape index (κ1) is 25.3. The minimum atomic E-state index is -1.08. The molecule has 4 rings (SSSR count). The molecule has 1 aliphatic rings. The number of carbonyl (C=O) groups excluding carboxylic acids is 3. The van der Waals surface area contributed by atoms with Gasteiger partial charge >= 0.3 is 12.1 Å². The molecule has 1 unspecified atom stereocenters. The highest BCUT2D eigenvalue weighted by Gasteiger charge is 2.31. The number of amides is 2. The van der Waals surface area contributed by atoms with Gasteiger partial charge in [0.25, 0.3) is 0 Å². The fourth-order valence-electron chi connectivity index (χ4n) is 4.29. The van der Waals surface area contributed by atoms with Crippen LogP contribution in [0.25, 0.3) is 11.1 Å². The topological polar surface area (TPSA) is 116 Å². The van der Waals surface area contributed by atoms with Crippen LogP contribution in [0.4, 0.5) is 4.79 Å². The van der Waals surface area contributed by atoms with Crippen LogP contribution in [0.3, 0.4) is 0 Å². The number of thiazole rings is 1. The summed E-state index contributed by atoms with van der Waals surface area (Å²) >= 11 is 1.38. The minimum Gasteiger partial charge on any atom is -0.467 e. The second kappa shape index (κ2) is 11.8. The highest BCUT2D eigenvalue weighted by molar-refractivity contribution is 7.07. The summed E-state index contributed by atoms with van der Waals surface area (Å²) in [4.78, 5) is 42.0. The van der Waals surface area contributed by atoms with Crippen LogP contribution in [-0.2, 0) is 30.2 Å². The Morgan fingerprint density at radius 2 is 1.64 bits per heavy atom. The zero-order chi connectivity index (χ0) is 25.5. The van der Waals surface area contributed by atoms with Gasteiger partial charge in [0.1, 0.15) is 18.7 Å². The first-order valence-electron chi connectivity index (χ1n) is 11.4. The van der Waals surface area contributed by atoms with E-state index >= 15 is 0 Å². The summed E-state index contributed by atoms with van der Waals surface area (Å²) in [6, 6.07) is 14.0. The lowest BCUT2D eigenvalue weighted by atomic mass is 9.98. The molecule has 9 nitrogen and oxygen atoms in total. The number of methoxy groups -OCH3 is 2. The van der Waals surface area contributed by atoms with E-state index in [-0.39, 0.29) is 25.6 Å². The summed E-state index contributed by atoms with van der Waals surface area (Å²) in [5, 5.41) is 6.95. The highest BCUT2D eigenvalue weighted by Crippen LogP contribution is 2.44. The number of nitrogens with one attached hydrogen (secondary N) is 2. The first-order chi connectivity index (χ1) is 17.5. The van der Waals surface area contributed by atoms with Crippen LogP contribution in [0, 0.1) is 0 Å². The molecule has 0 saturated heterocycles. The Morgan fingerprint density at radius 3 is 2.22 bits per heavy atom. The minimum absolute atomic E-state index is 0.107. The number of carbonyl (C=O) groups is 3. The summed E-state index contributed by atoms with van der Waals surface area (Å²) in [6.45, 7) is -0.00356. The molecule has 0 radical (unpaired) electrons. The van der Waals surface area contributed by atoms with E-state index in [4.69, 9.17) is 14.2 Å². The van der Waals surface area contributed by atoms with E-state index < -0.39 is 30.1 Å². The van der Waals surface area contributed by atoms with Crippen LogP contribution in [0.15, 0.2) is 59.4 Å². The van der Waals surface area contributed by atoms with Crippen LogP contribution >= 0.6 is 11.3 Å². The second-order valence-corrected chi connectivity index (χ2v) is 8.96. The molecule has 0 bridgehead atoms. The van der Waals surface area contributed by atoms with Crippen molar-refractivity contribution in [2.24, 2.45) is 0 Å². The molecule has 36 heavy (non-hydrogen) atoms. The third kappa shape index (κ3) is 5.72. The van der Waals surface area contributed by atoms with Crippen molar-refractivity contribution in [1.29, 1.82) is 0 Å². The van der Waals surface area contributed by atoms with Gasteiger partial charge in [-0.25, -0.2) is 14.6 Å². The van der Waals surface area contributed by atoms with Gasteiger partial charge in [-0.3, -0.25) is 4.79 Å². The molecule has 2 N–H and O–H groups in total. The van der Waals surface area contributed by atoms with Crippen molar-refractivity contribution in [3.05, 3.63) is 76.2 Å². The molecule has 0 aliphatic heterocycles. The van der Waals surface area contributed by atoms with Gasteiger partial charge in [0.15, 0.2) is 0 Å². The molecular formula is C26H27N3O6S. The van der Waals surface area contributed by atoms with Gasteiger partial charge in [0.05, 0.1) is 24.9 Å². The number of benzene rings is 2. The Labute approximate surface area is 212 Å². The Kier molecular flexibility index (Phi) is 8.29. The van der Waals surface area contributed by atoms with E-state index in [0.717, 1.165) is 22.3 Å². The lowest BCUT2D eigenvalue weighted by Gasteiger charge is -2.22. The van der Waals surface area contributed by atoms with E-state index in [9.17, 15) is 14.4 Å². The molecule has 2 atom stereocenters. The molecule has 2 amide bonds. The standard InChI is InChI=1S/C26H27N3O6S/c1-33-13-23(24(30)28-22(25(31)34-2)11-16-14-36-15-27-16)29-26(32)35-12-21-19-9-5-3-7-17(19)18-8-4-6-10-20(18)21/h3-10,14-15,21-23H,11-13H2,1-2H3,(H,28,30)(H,29,32)/t22?,23-/m0/s1. The first-order valence-corrected chi connectivity index (χ1v) is 12.3. The van der Waals surface area contributed by atoms with Gasteiger partial charge in [0, 0.05) is 24.8 Å². The van der Waals surface area contributed by atoms with Crippen molar-refractivity contribution in [3.63, 3.8) is 0 Å². The van der Waals surface area contributed by atoms with Crippen molar-refractivity contribution in [3.8, 4) is 11.1 Å². The maximum Gasteiger partial charge on any atom is 0.407 e. The largest absolute Gasteiger partial charge is 0.467 e. The smallest absolute Gasteiger partial charge is 0.407 e. The maximum atomic E-state index is 12.9. The molecule has 188 valence electrons. The van der Waals surface area contributed by atoms with Gasteiger partial charge in [-0.05, 0) is 22.3 Å². The Bertz CT molecular complexity index is 1170. The summed E-state index contributed by atoms with van der Waals surface area (Å²) in [5.74, 6) is -1.33. The third-order valence-corrected chi connectivity index (χ3v) is 6.62. The summed E-state index contributed by atoms with van der Waals surface area (Å²) < 4.78 is 15.5. The molecule has 1 heterocycles. The van der Waals surface area contributed by atoms with Crippen molar-refractivity contribution >= 4 is 29.3 Å². The highest BCUT2D eigenvalue weighted by atomic mass is 32.1. The van der Waals surface area contributed by atoms with Crippen molar-refractivity contribution in [2.45, 2.75) is 24.4 Å². The monoisotopic (exact) mass is 509 g/mol. The summed E-state index contributed by atoms with van der Waals surface area (Å²) in [7, 11) is 2.65. The number of alkyl carbamates (subject to hydrolysis) is 1. The number of aromatic nitrogens is 1. The van der Waals surface area contributed by atoms with Crippen molar-refractivity contribution in [2.75, 3.05) is 27.4 Å². The van der Waals surface area contributed by atoms with Crippen LogP contribution < -0.4 is 10.6 Å². The average Bonchev–Trinajstić information content (AvgIpc) is 3.52. The van der Waals surface area contributed by atoms with Gasteiger partial charge in [-0.2, -0.15) is 0 Å². The van der Waals surface area contributed by atoms with E-state index in [0.29, 0.717) is 5.69 Å². The Hall–Kier alpha value is -3.76. The average molecular weight is 510 g/mol. The van der Waals surface area contributed by atoms with E-state index in [1.165, 1.54) is 25.6 Å². The van der Waals surface area contributed by atoms with E-state index in [2.05, 4.69) is 27.8 Å². The molecule has 1 aliphatic carbocycles. The number of ether oxygens (including phenoxy) is 3. The molecule has 10 heteroatoms. The van der Waals surface area contributed by atoms with Crippen LogP contribution in [-0.4, -0.2) is 62.5 Å². The number of nitrogens with zero attached hydrogens (tertiary/aromatic N) is 1.